The van der Waals surface area contributed by atoms with Crippen molar-refractivity contribution in [2.75, 3.05) is 13.2 Å². The van der Waals surface area contributed by atoms with E-state index >= 15 is 0 Å². The Balaban J connectivity index is 3.50. The lowest BCUT2D eigenvalue weighted by atomic mass is 10.1. The third-order valence-corrected chi connectivity index (χ3v) is 3.34. The molecule has 22 heavy (non-hydrogen) atoms. The van der Waals surface area contributed by atoms with Crippen molar-refractivity contribution in [1.82, 2.24) is 0 Å². The molecule has 0 radical (unpaired) electrons. The first-order valence-electron chi connectivity index (χ1n) is 8.72. The Labute approximate surface area is 135 Å². The zero-order valence-electron chi connectivity index (χ0n) is 14.3. The molecule has 0 unspecified atom stereocenters. The molecule has 0 aliphatic rings. The summed E-state index contributed by atoms with van der Waals surface area (Å²) in [5, 5.41) is 0. The fourth-order valence-electron chi connectivity index (χ4n) is 1.99. The van der Waals surface area contributed by atoms with Gasteiger partial charge in [-0.2, -0.15) is 0 Å². The lowest BCUT2D eigenvalue weighted by Crippen LogP contribution is -2.06. The predicted molar refractivity (Wildman–Crippen MR) is 88.6 cm³/mol. The van der Waals surface area contributed by atoms with E-state index in [-0.39, 0.29) is 0 Å². The zero-order chi connectivity index (χ0) is 16.5. The number of hydrogen-bond acceptors (Lipinski definition) is 4. The number of ether oxygens (including phenoxy) is 2. The van der Waals surface area contributed by atoms with E-state index in [1.54, 1.807) is 0 Å². The Hall–Kier alpha value is -1.32. The number of unbranched alkanes of at least 4 members (excludes halogenated alkanes) is 8. The van der Waals surface area contributed by atoms with Crippen molar-refractivity contribution < 1.29 is 19.1 Å². The Morgan fingerprint density at radius 2 is 1.00 bits per heavy atom. The van der Waals surface area contributed by atoms with Crippen LogP contribution in [0.15, 0.2) is 12.2 Å². The highest BCUT2D eigenvalue weighted by atomic mass is 16.5. The number of esters is 2. The lowest BCUT2D eigenvalue weighted by molar-refractivity contribution is -0.140. The van der Waals surface area contributed by atoms with Crippen molar-refractivity contribution in [3.63, 3.8) is 0 Å². The van der Waals surface area contributed by atoms with Crippen LogP contribution in [0.2, 0.25) is 0 Å². The van der Waals surface area contributed by atoms with Crippen LogP contribution in [0, 0.1) is 0 Å². The molecule has 0 atom stereocenters. The highest BCUT2D eigenvalue weighted by Gasteiger charge is 2.01. The van der Waals surface area contributed by atoms with E-state index in [9.17, 15) is 9.59 Å². The summed E-state index contributed by atoms with van der Waals surface area (Å²) in [6.45, 7) is 5.15. The van der Waals surface area contributed by atoms with Crippen molar-refractivity contribution in [3.8, 4) is 0 Å². The molecule has 4 nitrogen and oxygen atoms in total. The van der Waals surface area contributed by atoms with E-state index in [4.69, 9.17) is 9.47 Å². The highest BCUT2D eigenvalue weighted by Crippen LogP contribution is 2.05. The van der Waals surface area contributed by atoms with E-state index in [0.717, 1.165) is 50.7 Å². The average molecular weight is 312 g/mol. The molecule has 0 aromatic rings. The summed E-state index contributed by atoms with van der Waals surface area (Å²) in [5.41, 5.74) is 0. The van der Waals surface area contributed by atoms with Gasteiger partial charge in [-0.05, 0) is 12.8 Å². The lowest BCUT2D eigenvalue weighted by Gasteiger charge is -2.02. The van der Waals surface area contributed by atoms with Gasteiger partial charge in [-0.15, -0.1) is 0 Å². The second kappa shape index (κ2) is 16.1. The molecule has 0 N–H and O–H groups in total. The molecular formula is C18H32O4. The van der Waals surface area contributed by atoms with Crippen LogP contribution in [0.4, 0.5) is 0 Å². The van der Waals surface area contributed by atoms with Crippen LogP contribution >= 0.6 is 0 Å². The fourth-order valence-corrected chi connectivity index (χ4v) is 1.99. The first kappa shape index (κ1) is 20.7. The average Bonchev–Trinajstić information content (AvgIpc) is 2.52. The molecule has 0 aromatic heterocycles. The molecule has 0 bridgehead atoms. The molecule has 0 saturated carbocycles. The molecule has 0 fully saturated rings. The summed E-state index contributed by atoms with van der Waals surface area (Å²) in [5.74, 6) is -0.954. The van der Waals surface area contributed by atoms with E-state index in [2.05, 4.69) is 13.8 Å². The summed E-state index contributed by atoms with van der Waals surface area (Å²) < 4.78 is 10.0. The molecule has 0 heterocycles. The number of rotatable bonds is 14. The molecule has 0 spiro atoms. The predicted octanol–water partition coefficient (Wildman–Crippen LogP) is 4.57. The maximum Gasteiger partial charge on any atom is 0.331 e. The van der Waals surface area contributed by atoms with Gasteiger partial charge in [-0.1, -0.05) is 65.2 Å². The van der Waals surface area contributed by atoms with Crippen molar-refractivity contribution in [3.05, 3.63) is 12.2 Å². The van der Waals surface area contributed by atoms with Crippen LogP contribution in [0.25, 0.3) is 0 Å². The van der Waals surface area contributed by atoms with Gasteiger partial charge in [-0.25, -0.2) is 9.59 Å². The summed E-state index contributed by atoms with van der Waals surface area (Å²) >= 11 is 0. The molecular weight excluding hydrogens is 280 g/mol. The monoisotopic (exact) mass is 312 g/mol. The minimum Gasteiger partial charge on any atom is -0.463 e. The van der Waals surface area contributed by atoms with Crippen LogP contribution in [0.1, 0.15) is 78.1 Å². The summed E-state index contributed by atoms with van der Waals surface area (Å²) in [4.78, 5) is 22.7. The van der Waals surface area contributed by atoms with Gasteiger partial charge >= 0.3 is 11.9 Å². The van der Waals surface area contributed by atoms with Crippen molar-refractivity contribution >= 4 is 11.9 Å². The second-order valence-electron chi connectivity index (χ2n) is 5.50. The molecule has 0 amide bonds. The third-order valence-electron chi connectivity index (χ3n) is 3.34. The van der Waals surface area contributed by atoms with Gasteiger partial charge in [0, 0.05) is 12.2 Å². The SMILES string of the molecule is CCCCCCCCOC(=O)/C=C/C(=O)OCCCCCC. The van der Waals surface area contributed by atoms with Crippen LogP contribution in [0.3, 0.4) is 0 Å². The van der Waals surface area contributed by atoms with Crippen LogP contribution in [-0.2, 0) is 19.1 Å². The maximum absolute atomic E-state index is 11.4. The van der Waals surface area contributed by atoms with Gasteiger partial charge in [0.1, 0.15) is 0 Å². The van der Waals surface area contributed by atoms with Crippen LogP contribution in [0.5, 0.6) is 0 Å². The summed E-state index contributed by atoms with van der Waals surface area (Å²) in [6.07, 6.45) is 13.4. The number of carbonyl (C=O) groups excluding carboxylic acids is 2. The topological polar surface area (TPSA) is 52.6 Å². The molecule has 0 rings (SSSR count). The first-order chi connectivity index (χ1) is 10.7. The molecule has 0 saturated heterocycles. The second-order valence-corrected chi connectivity index (χ2v) is 5.50. The Bertz CT molecular complexity index is 310. The van der Waals surface area contributed by atoms with E-state index in [1.807, 2.05) is 0 Å². The van der Waals surface area contributed by atoms with Gasteiger partial charge in [-0.3, -0.25) is 0 Å². The Morgan fingerprint density at radius 3 is 1.45 bits per heavy atom. The molecule has 4 heteroatoms. The fraction of sp³-hybridized carbons (Fsp3) is 0.778. The number of carbonyl (C=O) groups is 2. The highest BCUT2D eigenvalue weighted by molar-refractivity contribution is 5.91. The van der Waals surface area contributed by atoms with Gasteiger partial charge in [0.25, 0.3) is 0 Å². The largest absolute Gasteiger partial charge is 0.463 e. The van der Waals surface area contributed by atoms with Gasteiger partial charge < -0.3 is 9.47 Å². The van der Waals surface area contributed by atoms with E-state index in [0.29, 0.717) is 13.2 Å². The number of hydrogen-bond donors (Lipinski definition) is 0. The minimum atomic E-state index is -0.479. The Morgan fingerprint density at radius 1 is 0.636 bits per heavy atom. The van der Waals surface area contributed by atoms with Crippen molar-refractivity contribution in [2.24, 2.45) is 0 Å². The smallest absolute Gasteiger partial charge is 0.331 e. The normalized spacial score (nSPS) is 10.8. The van der Waals surface area contributed by atoms with Crippen molar-refractivity contribution in [2.45, 2.75) is 78.1 Å². The van der Waals surface area contributed by atoms with E-state index < -0.39 is 11.9 Å². The van der Waals surface area contributed by atoms with Crippen LogP contribution < -0.4 is 0 Å². The maximum atomic E-state index is 11.4. The summed E-state index contributed by atoms with van der Waals surface area (Å²) in [7, 11) is 0. The zero-order valence-corrected chi connectivity index (χ0v) is 14.3. The molecule has 0 aromatic carbocycles. The van der Waals surface area contributed by atoms with Crippen LogP contribution in [-0.4, -0.2) is 25.2 Å². The van der Waals surface area contributed by atoms with Crippen molar-refractivity contribution in [1.29, 1.82) is 0 Å². The third kappa shape index (κ3) is 15.1. The minimum absolute atomic E-state index is 0.413. The van der Waals surface area contributed by atoms with Gasteiger partial charge in [0.15, 0.2) is 0 Å². The van der Waals surface area contributed by atoms with Gasteiger partial charge in [0.2, 0.25) is 0 Å². The summed E-state index contributed by atoms with van der Waals surface area (Å²) in [6, 6.07) is 0. The standard InChI is InChI=1S/C18H32O4/c1-3-5-7-9-10-12-16-22-18(20)14-13-17(19)21-15-11-8-6-4-2/h13-14H,3-12,15-16H2,1-2H3/b14-13+. The van der Waals surface area contributed by atoms with Gasteiger partial charge in [0.05, 0.1) is 13.2 Å². The Kier molecular flexibility index (Phi) is 15.1. The quantitative estimate of drug-likeness (QED) is 0.268. The molecule has 128 valence electrons. The first-order valence-corrected chi connectivity index (χ1v) is 8.72. The van der Waals surface area contributed by atoms with E-state index in [1.165, 1.54) is 25.7 Å². The molecule has 0 aliphatic heterocycles. The molecule has 0 aliphatic carbocycles.